The second-order valence-corrected chi connectivity index (χ2v) is 5.34. The Balaban J connectivity index is 2.58. The average molecular weight is 303 g/mol. The normalized spacial score (nSPS) is 12.0. The highest BCUT2D eigenvalue weighted by molar-refractivity contribution is 5.80. The highest BCUT2D eigenvalue weighted by atomic mass is 19.4. The third-order valence-electron chi connectivity index (χ3n) is 2.95. The molecule has 0 spiro atoms. The zero-order valence-corrected chi connectivity index (χ0v) is 11.6. The number of carbonyl (C=O) groups is 2. The maximum atomic E-state index is 12.4. The van der Waals surface area contributed by atoms with E-state index in [2.05, 4.69) is 5.32 Å². The summed E-state index contributed by atoms with van der Waals surface area (Å²) in [7, 11) is 0. The van der Waals surface area contributed by atoms with Gasteiger partial charge in [0.05, 0.1) is 17.4 Å². The number of rotatable bonds is 5. The number of benzene rings is 1. The van der Waals surface area contributed by atoms with Crippen molar-refractivity contribution < 1.29 is 27.9 Å². The molecule has 1 aromatic rings. The highest BCUT2D eigenvalue weighted by Crippen LogP contribution is 2.29. The molecule has 0 unspecified atom stereocenters. The number of hydrogen-bond acceptors (Lipinski definition) is 2. The van der Waals surface area contributed by atoms with Crippen molar-refractivity contribution in [1.82, 2.24) is 5.32 Å². The first-order valence-electron chi connectivity index (χ1n) is 6.18. The lowest BCUT2D eigenvalue weighted by Crippen LogP contribution is -2.39. The number of carboxylic acids is 1. The zero-order valence-electron chi connectivity index (χ0n) is 11.6. The van der Waals surface area contributed by atoms with Crippen LogP contribution in [0.2, 0.25) is 0 Å². The number of halogens is 3. The van der Waals surface area contributed by atoms with Crippen LogP contribution in [0.1, 0.15) is 25.0 Å². The van der Waals surface area contributed by atoms with Gasteiger partial charge in [-0.05, 0) is 31.5 Å². The Morgan fingerprint density at radius 2 is 1.67 bits per heavy atom. The molecule has 1 aromatic carbocycles. The van der Waals surface area contributed by atoms with Gasteiger partial charge in [-0.1, -0.05) is 12.1 Å². The predicted molar refractivity (Wildman–Crippen MR) is 69.6 cm³/mol. The summed E-state index contributed by atoms with van der Waals surface area (Å²) in [6.07, 6.45) is -4.51. The summed E-state index contributed by atoms with van der Waals surface area (Å²) in [5, 5.41) is 11.3. The molecular formula is C14H16F3NO3. The molecule has 2 N–H and O–H groups in total. The fourth-order valence-corrected chi connectivity index (χ4v) is 1.45. The second-order valence-electron chi connectivity index (χ2n) is 5.34. The van der Waals surface area contributed by atoms with Crippen LogP contribution >= 0.6 is 0 Å². The van der Waals surface area contributed by atoms with Crippen LogP contribution in [0, 0.1) is 5.41 Å². The summed E-state index contributed by atoms with van der Waals surface area (Å²) in [6.45, 7) is 2.88. The molecule has 0 saturated heterocycles. The van der Waals surface area contributed by atoms with Gasteiger partial charge in [0.15, 0.2) is 0 Å². The van der Waals surface area contributed by atoms with Crippen LogP contribution in [-0.4, -0.2) is 23.5 Å². The second kappa shape index (κ2) is 6.15. The van der Waals surface area contributed by atoms with Gasteiger partial charge in [-0.25, -0.2) is 0 Å². The summed E-state index contributed by atoms with van der Waals surface area (Å²) in [5.74, 6) is -1.48. The van der Waals surface area contributed by atoms with Crippen molar-refractivity contribution in [3.8, 4) is 0 Å². The molecule has 0 aliphatic rings. The van der Waals surface area contributed by atoms with Crippen LogP contribution in [0.25, 0.3) is 0 Å². The first-order chi connectivity index (χ1) is 9.52. The molecule has 0 atom stereocenters. The Bertz CT molecular complexity index is 521. The molecule has 0 radical (unpaired) electrons. The minimum atomic E-state index is -4.41. The van der Waals surface area contributed by atoms with Crippen LogP contribution in [0.15, 0.2) is 24.3 Å². The van der Waals surface area contributed by atoms with Gasteiger partial charge in [0.2, 0.25) is 5.91 Å². The van der Waals surface area contributed by atoms with Gasteiger partial charge in [0.1, 0.15) is 0 Å². The predicted octanol–water partition coefficient (Wildman–Crippen LogP) is 2.47. The molecule has 4 nitrogen and oxygen atoms in total. The van der Waals surface area contributed by atoms with E-state index in [4.69, 9.17) is 5.11 Å². The SMILES string of the molecule is CC(C)(CNC(=O)Cc1ccc(C(F)(F)F)cc1)C(=O)O. The van der Waals surface area contributed by atoms with Crippen molar-refractivity contribution in [2.24, 2.45) is 5.41 Å². The van der Waals surface area contributed by atoms with Crippen LogP contribution in [0.3, 0.4) is 0 Å². The molecule has 0 aliphatic carbocycles. The standard InChI is InChI=1S/C14H16F3NO3/c1-13(2,12(20)21)8-18-11(19)7-9-3-5-10(6-4-9)14(15,16)17/h3-6H,7-8H2,1-2H3,(H,18,19)(H,20,21). The Morgan fingerprint density at radius 3 is 2.10 bits per heavy atom. The largest absolute Gasteiger partial charge is 0.481 e. The van der Waals surface area contributed by atoms with E-state index in [0.29, 0.717) is 5.56 Å². The topological polar surface area (TPSA) is 66.4 Å². The maximum Gasteiger partial charge on any atom is 0.416 e. The van der Waals surface area contributed by atoms with Crippen LogP contribution < -0.4 is 5.32 Å². The minimum absolute atomic E-state index is 0.0538. The molecule has 0 aliphatic heterocycles. The first kappa shape index (κ1) is 17.0. The molecular weight excluding hydrogens is 287 g/mol. The third-order valence-corrected chi connectivity index (χ3v) is 2.95. The number of amides is 1. The van der Waals surface area contributed by atoms with Gasteiger partial charge in [0, 0.05) is 6.54 Å². The maximum absolute atomic E-state index is 12.4. The lowest BCUT2D eigenvalue weighted by atomic mass is 9.94. The fraction of sp³-hybridized carbons (Fsp3) is 0.429. The lowest BCUT2D eigenvalue weighted by Gasteiger charge is -2.19. The van der Waals surface area contributed by atoms with Crippen molar-refractivity contribution in [2.45, 2.75) is 26.4 Å². The summed E-state index contributed by atoms with van der Waals surface area (Å²) in [4.78, 5) is 22.5. The van der Waals surface area contributed by atoms with Gasteiger partial charge >= 0.3 is 12.1 Å². The molecule has 1 amide bonds. The molecule has 0 saturated carbocycles. The minimum Gasteiger partial charge on any atom is -0.481 e. The fourth-order valence-electron chi connectivity index (χ4n) is 1.45. The zero-order chi connectivity index (χ0) is 16.3. The van der Waals surface area contributed by atoms with E-state index < -0.39 is 29.0 Å². The van der Waals surface area contributed by atoms with Gasteiger partial charge in [-0.3, -0.25) is 9.59 Å². The van der Waals surface area contributed by atoms with Crippen molar-refractivity contribution in [2.75, 3.05) is 6.54 Å². The highest BCUT2D eigenvalue weighted by Gasteiger charge is 2.30. The quantitative estimate of drug-likeness (QED) is 0.878. The van der Waals surface area contributed by atoms with Gasteiger partial charge < -0.3 is 10.4 Å². The van der Waals surface area contributed by atoms with E-state index in [1.165, 1.54) is 26.0 Å². The Morgan fingerprint density at radius 1 is 1.14 bits per heavy atom. The number of nitrogens with one attached hydrogen (secondary N) is 1. The average Bonchev–Trinajstić information content (AvgIpc) is 2.36. The Labute approximate surface area is 120 Å². The molecule has 0 bridgehead atoms. The third kappa shape index (κ3) is 5.09. The number of aliphatic carboxylic acids is 1. The summed E-state index contributed by atoms with van der Waals surface area (Å²) >= 11 is 0. The first-order valence-corrected chi connectivity index (χ1v) is 6.18. The number of carbonyl (C=O) groups excluding carboxylic acids is 1. The lowest BCUT2D eigenvalue weighted by molar-refractivity contribution is -0.146. The summed E-state index contributed by atoms with van der Waals surface area (Å²) in [6, 6.07) is 4.27. The van der Waals surface area contributed by atoms with E-state index in [-0.39, 0.29) is 13.0 Å². The molecule has 7 heteroatoms. The molecule has 0 fully saturated rings. The van der Waals surface area contributed by atoms with E-state index >= 15 is 0 Å². The number of hydrogen-bond donors (Lipinski definition) is 2. The molecule has 116 valence electrons. The van der Waals surface area contributed by atoms with Gasteiger partial charge in [-0.15, -0.1) is 0 Å². The smallest absolute Gasteiger partial charge is 0.416 e. The van der Waals surface area contributed by atoms with E-state index in [0.717, 1.165) is 12.1 Å². The number of carboxylic acid groups (broad SMARTS) is 1. The Kier molecular flexibility index (Phi) is 4.98. The summed E-state index contributed by atoms with van der Waals surface area (Å²) in [5.41, 5.74) is -1.46. The molecule has 1 rings (SSSR count). The van der Waals surface area contributed by atoms with Crippen molar-refractivity contribution >= 4 is 11.9 Å². The van der Waals surface area contributed by atoms with Crippen molar-refractivity contribution in [3.05, 3.63) is 35.4 Å². The van der Waals surface area contributed by atoms with Crippen LogP contribution in [-0.2, 0) is 22.2 Å². The van der Waals surface area contributed by atoms with E-state index in [1.54, 1.807) is 0 Å². The summed E-state index contributed by atoms with van der Waals surface area (Å²) < 4.78 is 37.1. The van der Waals surface area contributed by atoms with Crippen LogP contribution in [0.5, 0.6) is 0 Å². The van der Waals surface area contributed by atoms with Gasteiger partial charge in [0.25, 0.3) is 0 Å². The van der Waals surface area contributed by atoms with Crippen molar-refractivity contribution in [1.29, 1.82) is 0 Å². The van der Waals surface area contributed by atoms with E-state index in [9.17, 15) is 22.8 Å². The van der Waals surface area contributed by atoms with Gasteiger partial charge in [-0.2, -0.15) is 13.2 Å². The Hall–Kier alpha value is -2.05. The van der Waals surface area contributed by atoms with Crippen molar-refractivity contribution in [3.63, 3.8) is 0 Å². The number of alkyl halides is 3. The monoisotopic (exact) mass is 303 g/mol. The van der Waals surface area contributed by atoms with Crippen LogP contribution in [0.4, 0.5) is 13.2 Å². The molecule has 0 aromatic heterocycles. The van der Waals surface area contributed by atoms with E-state index in [1.807, 2.05) is 0 Å². The molecule has 21 heavy (non-hydrogen) atoms. The molecule has 0 heterocycles.